The van der Waals surface area contributed by atoms with Crippen LogP contribution in [0.1, 0.15) is 34.3 Å². The van der Waals surface area contributed by atoms with Gasteiger partial charge < -0.3 is 14.0 Å². The third-order valence-corrected chi connectivity index (χ3v) is 5.87. The summed E-state index contributed by atoms with van der Waals surface area (Å²) in [7, 11) is -0.808. The van der Waals surface area contributed by atoms with Crippen LogP contribution in [0.15, 0.2) is 27.6 Å². The first-order valence-corrected chi connectivity index (χ1v) is 9.39. The molecular weight excluding hydrogens is 360 g/mol. The summed E-state index contributed by atoms with van der Waals surface area (Å²) in [4.78, 5) is 11.8. The lowest BCUT2D eigenvalue weighted by molar-refractivity contribution is 0.0514. The van der Waals surface area contributed by atoms with E-state index in [1.807, 2.05) is 0 Å². The first-order chi connectivity index (χ1) is 12.2. The molecule has 0 aliphatic heterocycles. The Bertz CT molecular complexity index is 881. The molecule has 9 heteroatoms. The summed E-state index contributed by atoms with van der Waals surface area (Å²) in [5, 5.41) is 3.61. The number of ether oxygens (including phenoxy) is 2. The molecule has 2 rings (SSSR count). The summed E-state index contributed by atoms with van der Waals surface area (Å²) in [6.45, 7) is 5.25. The number of aryl methyl sites for hydroxylation is 2. The van der Waals surface area contributed by atoms with Crippen molar-refractivity contribution in [2.75, 3.05) is 20.8 Å². The summed E-state index contributed by atoms with van der Waals surface area (Å²) >= 11 is 0. The number of nitrogens with zero attached hydrogens (tertiary/aromatic N) is 2. The van der Waals surface area contributed by atoms with Gasteiger partial charge in [-0.1, -0.05) is 5.16 Å². The third kappa shape index (κ3) is 4.05. The smallest absolute Gasteiger partial charge is 0.360 e. The van der Waals surface area contributed by atoms with Gasteiger partial charge in [0.1, 0.15) is 5.75 Å². The van der Waals surface area contributed by atoms with Gasteiger partial charge >= 0.3 is 5.97 Å². The van der Waals surface area contributed by atoms with Gasteiger partial charge in [0.15, 0.2) is 11.5 Å². The summed E-state index contributed by atoms with van der Waals surface area (Å²) in [6, 6.07) is 4.71. The van der Waals surface area contributed by atoms with E-state index in [0.717, 1.165) is 4.31 Å². The second-order valence-electron chi connectivity index (χ2n) is 5.75. The van der Waals surface area contributed by atoms with Gasteiger partial charge in [-0.05, 0) is 44.0 Å². The van der Waals surface area contributed by atoms with Crippen LogP contribution in [0.2, 0.25) is 0 Å². The number of benzene rings is 1. The molecule has 0 unspecified atom stereocenters. The van der Waals surface area contributed by atoms with Crippen LogP contribution >= 0.6 is 0 Å². The first kappa shape index (κ1) is 19.9. The average Bonchev–Trinajstić information content (AvgIpc) is 3.02. The minimum absolute atomic E-state index is 0.00413. The number of carbonyl (C=O) groups excluding carboxylic acids is 1. The fourth-order valence-corrected chi connectivity index (χ4v) is 4.12. The summed E-state index contributed by atoms with van der Waals surface area (Å²) in [6.07, 6.45) is 0. The summed E-state index contributed by atoms with van der Waals surface area (Å²) in [5.74, 6) is 0.216. The highest BCUT2D eigenvalue weighted by Gasteiger charge is 2.27. The Kier molecular flexibility index (Phi) is 6.04. The zero-order chi connectivity index (χ0) is 19.5. The van der Waals surface area contributed by atoms with E-state index < -0.39 is 16.0 Å². The van der Waals surface area contributed by atoms with Crippen LogP contribution in [0, 0.1) is 13.8 Å². The van der Waals surface area contributed by atoms with E-state index >= 15 is 0 Å². The molecule has 1 heterocycles. The molecule has 8 nitrogen and oxygen atoms in total. The van der Waals surface area contributed by atoms with Crippen LogP contribution in [-0.2, 0) is 21.3 Å². The van der Waals surface area contributed by atoms with Gasteiger partial charge in [0.2, 0.25) is 10.0 Å². The van der Waals surface area contributed by atoms with E-state index in [1.54, 1.807) is 32.9 Å². The molecule has 1 aromatic heterocycles. The van der Waals surface area contributed by atoms with E-state index in [2.05, 4.69) is 5.16 Å². The largest absolute Gasteiger partial charge is 0.497 e. The maximum atomic E-state index is 13.0. The topological polar surface area (TPSA) is 98.9 Å². The number of aromatic nitrogens is 1. The molecule has 142 valence electrons. The minimum atomic E-state index is -3.77. The zero-order valence-electron chi connectivity index (χ0n) is 15.4. The van der Waals surface area contributed by atoms with Gasteiger partial charge in [-0.15, -0.1) is 0 Å². The molecule has 0 aliphatic rings. The Morgan fingerprint density at radius 1 is 1.23 bits per heavy atom. The Hall–Kier alpha value is -2.39. The standard InChI is InChI=1S/C17H22N2O6S/c1-6-24-17(20)15-9-14(25-18-15)10-19(4)26(21,22)16-11(2)7-13(23-5)8-12(16)3/h7-9H,6,10H2,1-5H3. The Balaban J connectivity index is 2.26. The van der Waals surface area contributed by atoms with Crippen LogP contribution in [0.5, 0.6) is 5.75 Å². The number of sulfonamides is 1. The molecule has 0 saturated carbocycles. The van der Waals surface area contributed by atoms with Crippen LogP contribution in [-0.4, -0.2) is 44.6 Å². The predicted octanol–water partition coefficient (Wildman–Crippen LogP) is 2.30. The van der Waals surface area contributed by atoms with Crippen molar-refractivity contribution in [1.82, 2.24) is 9.46 Å². The highest BCUT2D eigenvalue weighted by Crippen LogP contribution is 2.28. The van der Waals surface area contributed by atoms with Crippen LogP contribution in [0.25, 0.3) is 0 Å². The van der Waals surface area contributed by atoms with Crippen molar-refractivity contribution in [2.45, 2.75) is 32.2 Å². The molecular formula is C17H22N2O6S. The van der Waals surface area contributed by atoms with E-state index in [0.29, 0.717) is 16.9 Å². The Morgan fingerprint density at radius 2 is 1.85 bits per heavy atom. The van der Waals surface area contributed by atoms with Crippen molar-refractivity contribution < 1.29 is 27.2 Å². The Labute approximate surface area is 152 Å². The molecule has 0 aliphatic carbocycles. The molecule has 0 amide bonds. The van der Waals surface area contributed by atoms with Crippen LogP contribution < -0.4 is 4.74 Å². The molecule has 0 fully saturated rings. The van der Waals surface area contributed by atoms with Crippen molar-refractivity contribution in [3.8, 4) is 5.75 Å². The number of rotatable bonds is 7. The van der Waals surface area contributed by atoms with Gasteiger partial charge in [0.05, 0.1) is 25.2 Å². The van der Waals surface area contributed by atoms with Crippen LogP contribution in [0.4, 0.5) is 0 Å². The molecule has 0 radical (unpaired) electrons. The van der Waals surface area contributed by atoms with Crippen molar-refractivity contribution >= 4 is 16.0 Å². The maximum absolute atomic E-state index is 13.0. The normalized spacial score (nSPS) is 11.6. The highest BCUT2D eigenvalue weighted by molar-refractivity contribution is 7.89. The number of hydrogen-bond acceptors (Lipinski definition) is 7. The van der Waals surface area contributed by atoms with Crippen molar-refractivity contribution in [3.63, 3.8) is 0 Å². The quantitative estimate of drug-likeness (QED) is 0.678. The Morgan fingerprint density at radius 3 is 2.38 bits per heavy atom. The number of esters is 1. The molecule has 1 aromatic carbocycles. The van der Waals surface area contributed by atoms with E-state index in [-0.39, 0.29) is 29.5 Å². The van der Waals surface area contributed by atoms with Crippen molar-refractivity contribution in [2.24, 2.45) is 0 Å². The molecule has 0 atom stereocenters. The number of hydrogen-bond donors (Lipinski definition) is 0. The summed E-state index contributed by atoms with van der Waals surface area (Å²) in [5.41, 5.74) is 1.17. The summed E-state index contributed by atoms with van der Waals surface area (Å²) < 4.78 is 42.1. The van der Waals surface area contributed by atoms with Gasteiger partial charge in [-0.2, -0.15) is 4.31 Å². The fourth-order valence-electron chi connectivity index (χ4n) is 2.58. The highest BCUT2D eigenvalue weighted by atomic mass is 32.2. The molecule has 0 bridgehead atoms. The van der Waals surface area contributed by atoms with Crippen LogP contribution in [0.3, 0.4) is 0 Å². The van der Waals surface area contributed by atoms with Gasteiger partial charge in [0.25, 0.3) is 0 Å². The molecule has 0 N–H and O–H groups in total. The van der Waals surface area contributed by atoms with Gasteiger partial charge in [-0.25, -0.2) is 13.2 Å². The van der Waals surface area contributed by atoms with Gasteiger partial charge in [0, 0.05) is 13.1 Å². The SMILES string of the molecule is CCOC(=O)c1cc(CN(C)S(=O)(=O)c2c(C)cc(OC)cc2C)on1. The molecule has 2 aromatic rings. The average molecular weight is 382 g/mol. The first-order valence-electron chi connectivity index (χ1n) is 7.95. The van der Waals surface area contributed by atoms with E-state index in [9.17, 15) is 13.2 Å². The van der Waals surface area contributed by atoms with Gasteiger partial charge in [-0.3, -0.25) is 0 Å². The monoisotopic (exact) mass is 382 g/mol. The molecule has 0 saturated heterocycles. The number of carbonyl (C=O) groups is 1. The second kappa shape index (κ2) is 7.88. The minimum Gasteiger partial charge on any atom is -0.497 e. The predicted molar refractivity (Wildman–Crippen MR) is 93.6 cm³/mol. The second-order valence-corrected chi connectivity index (χ2v) is 7.73. The lowest BCUT2D eigenvalue weighted by atomic mass is 10.1. The molecule has 0 spiro atoms. The van der Waals surface area contributed by atoms with Crippen molar-refractivity contribution in [3.05, 3.63) is 40.8 Å². The third-order valence-electron chi connectivity index (χ3n) is 3.76. The fraction of sp³-hybridized carbons (Fsp3) is 0.412. The number of methoxy groups -OCH3 is 1. The molecule has 26 heavy (non-hydrogen) atoms. The van der Waals surface area contributed by atoms with E-state index in [1.165, 1.54) is 20.2 Å². The zero-order valence-corrected chi connectivity index (χ0v) is 16.2. The van der Waals surface area contributed by atoms with E-state index in [4.69, 9.17) is 14.0 Å². The lowest BCUT2D eigenvalue weighted by Crippen LogP contribution is -2.27. The lowest BCUT2D eigenvalue weighted by Gasteiger charge is -2.19. The maximum Gasteiger partial charge on any atom is 0.360 e. The van der Waals surface area contributed by atoms with Crippen molar-refractivity contribution in [1.29, 1.82) is 0 Å².